The van der Waals surface area contributed by atoms with Crippen molar-refractivity contribution in [2.45, 2.75) is 38.1 Å². The van der Waals surface area contributed by atoms with Crippen molar-refractivity contribution in [3.63, 3.8) is 0 Å². The molecule has 2 nitrogen and oxygen atoms in total. The molecule has 0 unspecified atom stereocenters. The van der Waals surface area contributed by atoms with Gasteiger partial charge in [0.1, 0.15) is 5.75 Å². The van der Waals surface area contributed by atoms with Crippen LogP contribution in [-0.2, 0) is 26.3 Å². The number of para-hydroxylation sites is 1. The summed E-state index contributed by atoms with van der Waals surface area (Å²) < 4.78 is 0. The quantitative estimate of drug-likeness (QED) is 0.609. The van der Waals surface area contributed by atoms with E-state index in [1.807, 2.05) is 42.6 Å². The molecule has 126 valence electrons. The maximum atomic E-state index is 10.6. The van der Waals surface area contributed by atoms with Crippen LogP contribution in [0.4, 0.5) is 0 Å². The number of nitrogens with zero attached hydrogens (tertiary/aromatic N) is 1. The first-order chi connectivity index (χ1) is 11.5. The van der Waals surface area contributed by atoms with Crippen molar-refractivity contribution >= 4 is 23.2 Å². The minimum atomic E-state index is -0.826. The van der Waals surface area contributed by atoms with Crippen LogP contribution in [0.2, 0.25) is 0 Å². The molecule has 1 N–H and O–H groups in total. The summed E-state index contributed by atoms with van der Waals surface area (Å²) in [5.74, 6) is 0.343. The molecule has 0 aliphatic heterocycles. The molecule has 1 saturated carbocycles. The van der Waals surface area contributed by atoms with Crippen molar-refractivity contribution in [2.24, 2.45) is 4.99 Å². The number of hydrogen-bond acceptors (Lipinski definition) is 2. The molecule has 0 atom stereocenters. The van der Waals surface area contributed by atoms with E-state index in [1.54, 1.807) is 0 Å². The molecule has 1 aliphatic carbocycles. The average molecular weight is 442 g/mol. The van der Waals surface area contributed by atoms with Crippen molar-refractivity contribution in [3.8, 4) is 5.75 Å². The van der Waals surface area contributed by atoms with Gasteiger partial charge in [0.25, 0.3) is 0 Å². The van der Waals surface area contributed by atoms with Crippen molar-refractivity contribution in [3.05, 3.63) is 65.2 Å². The number of phenolic OH excluding ortho intramolecular Hbond substituents is 1. The van der Waals surface area contributed by atoms with Gasteiger partial charge in [0.15, 0.2) is 0 Å². The number of aliphatic imine (C=N–C) groups is 1. The fourth-order valence-electron chi connectivity index (χ4n) is 2.59. The predicted molar refractivity (Wildman–Crippen MR) is 99.0 cm³/mol. The SMILES string of the molecule is CC(C)(c1ccccc1)c1cccc(C=NC2CC2)c1O.[Cl][Zr][Cl]. The van der Waals surface area contributed by atoms with E-state index in [-0.39, 0.29) is 5.41 Å². The topological polar surface area (TPSA) is 32.6 Å². The molecule has 0 saturated heterocycles. The van der Waals surface area contributed by atoms with Gasteiger partial charge in [-0.15, -0.1) is 0 Å². The summed E-state index contributed by atoms with van der Waals surface area (Å²) in [7, 11) is 9.87. The fraction of sp³-hybridized carbons (Fsp3) is 0.316. The number of rotatable bonds is 4. The maximum absolute atomic E-state index is 10.6. The van der Waals surface area contributed by atoms with E-state index in [1.165, 1.54) is 18.4 Å². The van der Waals surface area contributed by atoms with Gasteiger partial charge in [0.2, 0.25) is 0 Å². The molecule has 1 fully saturated rings. The average Bonchev–Trinajstić information content (AvgIpc) is 3.40. The van der Waals surface area contributed by atoms with Crippen molar-refractivity contribution in [1.29, 1.82) is 0 Å². The van der Waals surface area contributed by atoms with Gasteiger partial charge in [-0.2, -0.15) is 0 Å². The van der Waals surface area contributed by atoms with Gasteiger partial charge in [-0.25, -0.2) is 0 Å². The van der Waals surface area contributed by atoms with Gasteiger partial charge in [-0.3, -0.25) is 4.99 Å². The van der Waals surface area contributed by atoms with Gasteiger partial charge in [-0.05, 0) is 24.5 Å². The Labute approximate surface area is 162 Å². The van der Waals surface area contributed by atoms with Crippen LogP contribution in [0.25, 0.3) is 0 Å². The standard InChI is InChI=1S/C19H21NO.2ClH.Zr/c1-19(2,15-8-4-3-5-9-15)17-10-6-7-14(18(17)21)13-20-16-11-12-16;;;/h3-10,13,16,21H,11-12H2,1-2H3;2*1H;/q;;;+2/p-2. The second kappa shape index (κ2) is 9.18. The Morgan fingerprint density at radius 2 is 1.71 bits per heavy atom. The number of aromatic hydroxyl groups is 1. The molecule has 0 heterocycles. The molecule has 2 aromatic carbocycles. The van der Waals surface area contributed by atoms with Gasteiger partial charge in [0.05, 0.1) is 6.04 Å². The summed E-state index contributed by atoms with van der Waals surface area (Å²) >= 11 is -0.826. The molecule has 2 aromatic rings. The van der Waals surface area contributed by atoms with Gasteiger partial charge >= 0.3 is 37.9 Å². The Kier molecular flexibility index (Phi) is 7.53. The van der Waals surface area contributed by atoms with E-state index >= 15 is 0 Å². The van der Waals surface area contributed by atoms with Crippen LogP contribution >= 0.6 is 17.0 Å². The van der Waals surface area contributed by atoms with Gasteiger partial charge in [0, 0.05) is 22.8 Å². The second-order valence-corrected chi connectivity index (χ2v) is 10.0. The van der Waals surface area contributed by atoms with Crippen LogP contribution in [0.15, 0.2) is 53.5 Å². The third-order valence-electron chi connectivity index (χ3n) is 4.21. The van der Waals surface area contributed by atoms with Gasteiger partial charge in [-0.1, -0.05) is 56.3 Å². The Morgan fingerprint density at radius 3 is 2.29 bits per heavy atom. The molecule has 0 spiro atoms. The molecule has 0 radical (unpaired) electrons. The number of phenols is 1. The molecular weight excluding hydrogens is 420 g/mol. The van der Waals surface area contributed by atoms with Crippen LogP contribution in [0.3, 0.4) is 0 Å². The first-order valence-electron chi connectivity index (χ1n) is 7.88. The Hall–Kier alpha value is -0.627. The van der Waals surface area contributed by atoms with Crippen molar-refractivity contribution < 1.29 is 26.0 Å². The van der Waals surface area contributed by atoms with E-state index in [0.717, 1.165) is 11.1 Å². The zero-order valence-corrected chi connectivity index (χ0v) is 17.8. The molecule has 1 aliphatic rings. The number of benzene rings is 2. The van der Waals surface area contributed by atoms with E-state index in [0.29, 0.717) is 11.8 Å². The van der Waals surface area contributed by atoms with Crippen LogP contribution in [0, 0.1) is 0 Å². The normalized spacial score (nSPS) is 14.2. The molecule has 0 amide bonds. The first kappa shape index (κ1) is 19.7. The minimum absolute atomic E-state index is 0.241. The van der Waals surface area contributed by atoms with E-state index in [2.05, 4.69) is 31.0 Å². The summed E-state index contributed by atoms with van der Waals surface area (Å²) in [4.78, 5) is 4.48. The van der Waals surface area contributed by atoms with Crippen molar-refractivity contribution in [1.82, 2.24) is 0 Å². The molecule has 24 heavy (non-hydrogen) atoms. The van der Waals surface area contributed by atoms with Crippen LogP contribution < -0.4 is 0 Å². The van der Waals surface area contributed by atoms with E-state index < -0.39 is 20.8 Å². The van der Waals surface area contributed by atoms with E-state index in [9.17, 15) is 5.11 Å². The summed E-state index contributed by atoms with van der Waals surface area (Å²) in [5.41, 5.74) is 2.70. The molecule has 0 bridgehead atoms. The van der Waals surface area contributed by atoms with Crippen LogP contribution in [0.5, 0.6) is 5.75 Å². The zero-order chi connectivity index (χ0) is 17.6. The zero-order valence-electron chi connectivity index (χ0n) is 13.8. The molecule has 3 rings (SSSR count). The monoisotopic (exact) mass is 439 g/mol. The first-order valence-corrected chi connectivity index (χ1v) is 14.2. The molecular formula is C19H21Cl2NOZr. The van der Waals surface area contributed by atoms with Crippen LogP contribution in [0.1, 0.15) is 43.4 Å². The fourth-order valence-corrected chi connectivity index (χ4v) is 2.59. The van der Waals surface area contributed by atoms with Gasteiger partial charge < -0.3 is 5.11 Å². The summed E-state index contributed by atoms with van der Waals surface area (Å²) in [6.45, 7) is 4.28. The summed E-state index contributed by atoms with van der Waals surface area (Å²) in [5, 5.41) is 10.6. The predicted octanol–water partition coefficient (Wildman–Crippen LogP) is 5.68. The Bertz CT molecular complexity index is 685. The molecule has 5 heteroatoms. The van der Waals surface area contributed by atoms with E-state index in [4.69, 9.17) is 17.0 Å². The summed E-state index contributed by atoms with van der Waals surface area (Å²) in [6.07, 6.45) is 4.16. The third-order valence-corrected chi connectivity index (χ3v) is 4.21. The van der Waals surface area contributed by atoms with Crippen LogP contribution in [-0.4, -0.2) is 17.4 Å². The number of halogens is 2. The number of hydrogen-bond donors (Lipinski definition) is 1. The second-order valence-electron chi connectivity index (χ2n) is 6.32. The summed E-state index contributed by atoms with van der Waals surface area (Å²) in [6, 6.07) is 16.7. The van der Waals surface area contributed by atoms with Crippen molar-refractivity contribution in [2.75, 3.05) is 0 Å². The third kappa shape index (κ3) is 5.18. The Balaban J connectivity index is 0.000000647. The molecule has 0 aromatic heterocycles. The Morgan fingerprint density at radius 1 is 1.08 bits per heavy atom.